The standard InChI is InChI=1S/C20H21F3N2O4/c21-20(22,23)29-15-3-1-13(2-4-15)19-5-6-25(10-14(19)9-19)16(26)12-7-18(8-12)11-28-17(27)24-18/h1-4,12,14H,5-11H2,(H,24,27)/t12?,14-,18?,19-/m1/s1. The normalized spacial score (nSPS) is 35.4. The fourth-order valence-electron chi connectivity index (χ4n) is 5.33. The topological polar surface area (TPSA) is 67.9 Å². The van der Waals surface area contributed by atoms with Gasteiger partial charge in [-0.1, -0.05) is 12.1 Å². The summed E-state index contributed by atoms with van der Waals surface area (Å²) < 4.78 is 45.9. The lowest BCUT2D eigenvalue weighted by Crippen LogP contribution is -2.58. The molecule has 1 spiro atoms. The fraction of sp³-hybridized carbons (Fsp3) is 0.600. The summed E-state index contributed by atoms with van der Waals surface area (Å²) >= 11 is 0. The Hall–Kier alpha value is -2.45. The third kappa shape index (κ3) is 3.20. The summed E-state index contributed by atoms with van der Waals surface area (Å²) in [5.74, 6) is 0.163. The van der Waals surface area contributed by atoms with Crippen LogP contribution in [0.3, 0.4) is 0 Å². The number of piperidine rings is 1. The third-order valence-electron chi connectivity index (χ3n) is 6.95. The average Bonchev–Trinajstić information content (AvgIpc) is 3.24. The molecule has 9 heteroatoms. The van der Waals surface area contributed by atoms with Crippen molar-refractivity contribution in [2.75, 3.05) is 19.7 Å². The minimum atomic E-state index is -4.69. The first-order valence-electron chi connectivity index (χ1n) is 9.78. The number of alkyl carbamates (subject to hydrolysis) is 1. The van der Waals surface area contributed by atoms with Gasteiger partial charge in [-0.2, -0.15) is 0 Å². The minimum absolute atomic E-state index is 0.0400. The highest BCUT2D eigenvalue weighted by Gasteiger charge is 2.59. The molecule has 2 aliphatic carbocycles. The number of hydrogen-bond donors (Lipinski definition) is 1. The van der Waals surface area contributed by atoms with Gasteiger partial charge in [-0.25, -0.2) is 4.79 Å². The van der Waals surface area contributed by atoms with Gasteiger partial charge in [0.05, 0.1) is 5.54 Å². The smallest absolute Gasteiger partial charge is 0.447 e. The number of ether oxygens (including phenoxy) is 2. The van der Waals surface area contributed by atoms with Gasteiger partial charge in [0.25, 0.3) is 0 Å². The molecule has 2 heterocycles. The zero-order chi connectivity index (χ0) is 20.4. The molecule has 2 saturated carbocycles. The fourth-order valence-corrected chi connectivity index (χ4v) is 5.33. The van der Waals surface area contributed by atoms with Crippen LogP contribution in [0.1, 0.15) is 31.2 Å². The molecule has 0 bridgehead atoms. The second-order valence-corrected chi connectivity index (χ2v) is 8.75. The van der Waals surface area contributed by atoms with Crippen molar-refractivity contribution in [1.29, 1.82) is 0 Å². The Morgan fingerprint density at radius 2 is 1.93 bits per heavy atom. The highest BCUT2D eigenvalue weighted by molar-refractivity contribution is 5.82. The number of nitrogens with one attached hydrogen (secondary N) is 1. The van der Waals surface area contributed by atoms with Crippen molar-refractivity contribution in [1.82, 2.24) is 10.2 Å². The Morgan fingerprint density at radius 1 is 1.21 bits per heavy atom. The Morgan fingerprint density at radius 3 is 2.52 bits per heavy atom. The molecule has 2 saturated heterocycles. The number of hydrogen-bond acceptors (Lipinski definition) is 4. The molecular formula is C20H21F3N2O4. The van der Waals surface area contributed by atoms with Gasteiger partial charge in [0.2, 0.25) is 5.91 Å². The summed E-state index contributed by atoms with van der Waals surface area (Å²) in [6, 6.07) is 6.13. The molecular weight excluding hydrogens is 389 g/mol. The molecule has 0 aromatic heterocycles. The summed E-state index contributed by atoms with van der Waals surface area (Å²) in [6.45, 7) is 1.64. The molecule has 1 aromatic carbocycles. The van der Waals surface area contributed by atoms with E-state index in [0.29, 0.717) is 38.5 Å². The van der Waals surface area contributed by atoms with Gasteiger partial charge in [-0.3, -0.25) is 4.79 Å². The monoisotopic (exact) mass is 410 g/mol. The number of fused-ring (bicyclic) bond motifs is 1. The number of likely N-dealkylation sites (tertiary alicyclic amines) is 1. The van der Waals surface area contributed by atoms with Crippen LogP contribution in [0.2, 0.25) is 0 Å². The molecule has 156 valence electrons. The maximum absolute atomic E-state index is 12.8. The van der Waals surface area contributed by atoms with E-state index in [1.807, 2.05) is 4.90 Å². The largest absolute Gasteiger partial charge is 0.573 e. The highest BCUT2D eigenvalue weighted by atomic mass is 19.4. The van der Waals surface area contributed by atoms with Gasteiger partial charge in [0.1, 0.15) is 12.4 Å². The number of halogens is 3. The van der Waals surface area contributed by atoms with E-state index in [2.05, 4.69) is 10.1 Å². The van der Waals surface area contributed by atoms with Crippen LogP contribution >= 0.6 is 0 Å². The van der Waals surface area contributed by atoms with E-state index in [9.17, 15) is 22.8 Å². The van der Waals surface area contributed by atoms with Crippen LogP contribution in [-0.4, -0.2) is 48.5 Å². The van der Waals surface area contributed by atoms with E-state index in [4.69, 9.17) is 4.74 Å². The van der Waals surface area contributed by atoms with Gasteiger partial charge < -0.3 is 19.7 Å². The van der Waals surface area contributed by atoms with Crippen LogP contribution in [0, 0.1) is 11.8 Å². The Labute approximate surface area is 165 Å². The van der Waals surface area contributed by atoms with E-state index in [1.165, 1.54) is 12.1 Å². The molecule has 4 aliphatic rings. The van der Waals surface area contributed by atoms with E-state index < -0.39 is 12.5 Å². The summed E-state index contributed by atoms with van der Waals surface area (Å²) in [4.78, 5) is 26.0. The first-order chi connectivity index (χ1) is 13.7. The molecule has 5 rings (SSSR count). The van der Waals surface area contributed by atoms with Gasteiger partial charge >= 0.3 is 12.5 Å². The van der Waals surface area contributed by atoms with Gasteiger partial charge in [-0.05, 0) is 49.3 Å². The Balaban J connectivity index is 1.18. The van der Waals surface area contributed by atoms with Crippen LogP contribution < -0.4 is 10.1 Å². The first kappa shape index (κ1) is 18.6. The number of benzene rings is 1. The number of carbonyl (C=O) groups excluding carboxylic acids is 2. The number of cyclic esters (lactones) is 1. The number of rotatable bonds is 3. The summed E-state index contributed by atoms with van der Waals surface area (Å²) in [5, 5.41) is 2.81. The van der Waals surface area contributed by atoms with Gasteiger partial charge in [0.15, 0.2) is 0 Å². The number of nitrogens with zero attached hydrogens (tertiary/aromatic N) is 1. The van der Waals surface area contributed by atoms with Crippen molar-refractivity contribution in [3.05, 3.63) is 29.8 Å². The molecule has 2 amide bonds. The van der Waals surface area contributed by atoms with Crippen LogP contribution in [0.15, 0.2) is 24.3 Å². The molecule has 0 unspecified atom stereocenters. The predicted molar refractivity (Wildman–Crippen MR) is 94.0 cm³/mol. The van der Waals surface area contributed by atoms with Crippen LogP contribution in [-0.2, 0) is 14.9 Å². The predicted octanol–water partition coefficient (Wildman–Crippen LogP) is 2.96. The Kier molecular flexibility index (Phi) is 3.86. The number of alkyl halides is 3. The van der Waals surface area contributed by atoms with Crippen molar-refractivity contribution in [3.63, 3.8) is 0 Å². The summed E-state index contributed by atoms with van der Waals surface area (Å²) in [6.07, 6.45) is -2.13. The van der Waals surface area contributed by atoms with Crippen molar-refractivity contribution in [2.24, 2.45) is 11.8 Å². The van der Waals surface area contributed by atoms with Gasteiger partial charge in [0, 0.05) is 24.4 Å². The quantitative estimate of drug-likeness (QED) is 0.832. The second-order valence-electron chi connectivity index (χ2n) is 8.75. The van der Waals surface area contributed by atoms with E-state index in [0.717, 1.165) is 18.4 Å². The lowest BCUT2D eigenvalue weighted by Gasteiger charge is -2.44. The summed E-state index contributed by atoms with van der Waals surface area (Å²) in [7, 11) is 0. The molecule has 4 fully saturated rings. The average molecular weight is 410 g/mol. The number of carbonyl (C=O) groups is 2. The molecule has 2 atom stereocenters. The van der Waals surface area contributed by atoms with Crippen LogP contribution in [0.5, 0.6) is 5.75 Å². The second kappa shape index (κ2) is 6.03. The van der Waals surface area contributed by atoms with Gasteiger partial charge in [-0.15, -0.1) is 13.2 Å². The maximum Gasteiger partial charge on any atom is 0.573 e. The van der Waals surface area contributed by atoms with E-state index in [1.54, 1.807) is 12.1 Å². The van der Waals surface area contributed by atoms with Crippen molar-refractivity contribution < 1.29 is 32.2 Å². The van der Waals surface area contributed by atoms with E-state index in [-0.39, 0.29) is 28.5 Å². The lowest BCUT2D eigenvalue weighted by molar-refractivity contribution is -0.274. The summed E-state index contributed by atoms with van der Waals surface area (Å²) in [5.41, 5.74) is 0.607. The minimum Gasteiger partial charge on any atom is -0.447 e. The van der Waals surface area contributed by atoms with Crippen LogP contribution in [0.4, 0.5) is 18.0 Å². The number of amides is 2. The zero-order valence-electron chi connectivity index (χ0n) is 15.6. The molecule has 0 radical (unpaired) electrons. The molecule has 2 aliphatic heterocycles. The van der Waals surface area contributed by atoms with Crippen LogP contribution in [0.25, 0.3) is 0 Å². The highest BCUT2D eigenvalue weighted by Crippen LogP contribution is 2.59. The third-order valence-corrected chi connectivity index (χ3v) is 6.95. The van der Waals surface area contributed by atoms with Crippen molar-refractivity contribution >= 4 is 12.0 Å². The molecule has 29 heavy (non-hydrogen) atoms. The Bertz CT molecular complexity index is 850. The van der Waals surface area contributed by atoms with Crippen molar-refractivity contribution in [3.8, 4) is 5.75 Å². The molecule has 1 aromatic rings. The lowest BCUT2D eigenvalue weighted by atomic mass is 9.68. The molecule has 6 nitrogen and oxygen atoms in total. The SMILES string of the molecule is O=C1NC2(CO1)CC(C(=O)N1CC[C@]3(c4ccc(OC(F)(F)F)cc4)C[C@@H]3C1)C2. The van der Waals surface area contributed by atoms with E-state index >= 15 is 0 Å². The zero-order valence-corrected chi connectivity index (χ0v) is 15.6. The van der Waals surface area contributed by atoms with Crippen molar-refractivity contribution in [2.45, 2.75) is 43.0 Å². The molecule has 1 N–H and O–H groups in total. The first-order valence-corrected chi connectivity index (χ1v) is 9.78. The maximum atomic E-state index is 12.8.